The van der Waals surface area contributed by atoms with Gasteiger partial charge < -0.3 is 39.7 Å². The maximum Gasteiger partial charge on any atom is 0.408 e. The highest BCUT2D eigenvalue weighted by Crippen LogP contribution is 2.42. The Morgan fingerprint density at radius 3 is 2.29 bits per heavy atom. The van der Waals surface area contributed by atoms with Crippen LogP contribution >= 0.6 is 0 Å². The average Bonchev–Trinajstić information content (AvgIpc) is 3.51. The molecular formula is C47H49N3O9. The van der Waals surface area contributed by atoms with Crippen LogP contribution in [0.4, 0.5) is 4.79 Å². The van der Waals surface area contributed by atoms with Crippen LogP contribution in [0.5, 0.6) is 5.75 Å². The largest absolute Gasteiger partial charge is 0.508 e. The molecule has 0 bridgehead atoms. The molecule has 3 amide bonds. The van der Waals surface area contributed by atoms with E-state index in [-0.39, 0.29) is 56.0 Å². The first-order valence-electron chi connectivity index (χ1n) is 19.7. The number of rotatable bonds is 14. The monoisotopic (exact) mass is 799 g/mol. The van der Waals surface area contributed by atoms with Gasteiger partial charge >= 0.3 is 6.09 Å². The SMILES string of the molecule is CC1C(CN(C)CC(O)c2cccc(O)c2)OC(c2ccc(-c3cccc(CN4C(=O)CC(NC(=O)OCc5ccccc5)C4=O)c3)cc2)OC1c1ccc(CO)cc1. The summed E-state index contributed by atoms with van der Waals surface area (Å²) in [5, 5.41) is 33.0. The third-order valence-electron chi connectivity index (χ3n) is 10.9. The molecule has 12 heteroatoms. The molecule has 0 aromatic heterocycles. The zero-order valence-corrected chi connectivity index (χ0v) is 33.0. The highest BCUT2D eigenvalue weighted by molar-refractivity contribution is 6.06. The Bertz CT molecular complexity index is 2220. The number of benzene rings is 5. The van der Waals surface area contributed by atoms with Crippen molar-refractivity contribution in [1.29, 1.82) is 0 Å². The predicted octanol–water partition coefficient (Wildman–Crippen LogP) is 6.56. The molecule has 5 aromatic rings. The van der Waals surface area contributed by atoms with Crippen LogP contribution in [-0.4, -0.2) is 75.3 Å². The molecule has 306 valence electrons. The van der Waals surface area contributed by atoms with Gasteiger partial charge in [-0.2, -0.15) is 0 Å². The van der Waals surface area contributed by atoms with Gasteiger partial charge in [-0.25, -0.2) is 4.79 Å². The van der Waals surface area contributed by atoms with Crippen LogP contribution in [0.25, 0.3) is 11.1 Å². The lowest BCUT2D eigenvalue weighted by Crippen LogP contribution is -2.44. The number of nitrogens with zero attached hydrogens (tertiary/aromatic N) is 2. The summed E-state index contributed by atoms with van der Waals surface area (Å²) >= 11 is 0. The Kier molecular flexibility index (Phi) is 13.1. The number of carbonyl (C=O) groups is 3. The fourth-order valence-corrected chi connectivity index (χ4v) is 7.58. The fourth-order valence-electron chi connectivity index (χ4n) is 7.58. The summed E-state index contributed by atoms with van der Waals surface area (Å²) < 4.78 is 18.6. The molecule has 59 heavy (non-hydrogen) atoms. The van der Waals surface area contributed by atoms with Gasteiger partial charge in [-0.05, 0) is 64.2 Å². The van der Waals surface area contributed by atoms with E-state index in [2.05, 4.69) is 12.2 Å². The average molecular weight is 800 g/mol. The summed E-state index contributed by atoms with van der Waals surface area (Å²) in [6.07, 6.45) is -3.01. The van der Waals surface area contributed by atoms with Crippen molar-refractivity contribution in [3.8, 4) is 16.9 Å². The molecule has 2 saturated heterocycles. The van der Waals surface area contributed by atoms with Gasteiger partial charge in [0.2, 0.25) is 5.91 Å². The molecule has 0 spiro atoms. The van der Waals surface area contributed by atoms with E-state index in [4.69, 9.17) is 14.2 Å². The van der Waals surface area contributed by atoms with Crippen LogP contribution in [0, 0.1) is 5.92 Å². The molecule has 5 aromatic carbocycles. The van der Waals surface area contributed by atoms with E-state index in [9.17, 15) is 29.7 Å². The van der Waals surface area contributed by atoms with Crippen molar-refractivity contribution in [2.45, 2.75) is 63.7 Å². The zero-order valence-electron chi connectivity index (χ0n) is 33.0. The van der Waals surface area contributed by atoms with Crippen LogP contribution < -0.4 is 5.32 Å². The smallest absolute Gasteiger partial charge is 0.408 e. The maximum absolute atomic E-state index is 13.2. The number of alkyl carbamates (subject to hydrolysis) is 1. The number of hydrogen-bond acceptors (Lipinski definition) is 10. The summed E-state index contributed by atoms with van der Waals surface area (Å²) in [4.78, 5) is 41.7. The number of hydrogen-bond donors (Lipinski definition) is 4. The number of phenolic OH excluding ortho intramolecular Hbond substituents is 1. The Labute approximate surface area is 343 Å². The molecule has 2 heterocycles. The Morgan fingerprint density at radius 1 is 0.847 bits per heavy atom. The van der Waals surface area contributed by atoms with Gasteiger partial charge in [-0.1, -0.05) is 116 Å². The molecule has 2 fully saturated rings. The molecule has 0 radical (unpaired) electrons. The first-order chi connectivity index (χ1) is 28.5. The Hall–Kier alpha value is -5.89. The fraction of sp³-hybridized carbons (Fsp3) is 0.298. The zero-order chi connectivity index (χ0) is 41.5. The van der Waals surface area contributed by atoms with E-state index in [0.29, 0.717) is 18.7 Å². The van der Waals surface area contributed by atoms with Gasteiger partial charge in [-0.3, -0.25) is 14.5 Å². The molecule has 7 rings (SSSR count). The minimum atomic E-state index is -0.996. The first-order valence-corrected chi connectivity index (χ1v) is 19.7. The van der Waals surface area contributed by atoms with E-state index in [1.54, 1.807) is 24.3 Å². The lowest BCUT2D eigenvalue weighted by atomic mass is 9.90. The highest BCUT2D eigenvalue weighted by Gasteiger charge is 2.40. The molecule has 0 saturated carbocycles. The van der Waals surface area contributed by atoms with E-state index in [1.807, 2.05) is 115 Å². The van der Waals surface area contributed by atoms with Crippen LogP contribution in [0.3, 0.4) is 0 Å². The lowest BCUT2D eigenvalue weighted by Gasteiger charge is -2.42. The number of aliphatic hydroxyl groups excluding tert-OH is 2. The summed E-state index contributed by atoms with van der Waals surface area (Å²) in [6, 6.07) is 38.0. The number of likely N-dealkylation sites (N-methyl/N-ethyl adjacent to an activating group) is 1. The Morgan fingerprint density at radius 2 is 1.56 bits per heavy atom. The molecule has 6 unspecified atom stereocenters. The summed E-state index contributed by atoms with van der Waals surface area (Å²) in [6.45, 7) is 2.97. The van der Waals surface area contributed by atoms with E-state index in [0.717, 1.165) is 43.8 Å². The molecule has 4 N–H and O–H groups in total. The third kappa shape index (κ3) is 10.2. The van der Waals surface area contributed by atoms with Crippen molar-refractivity contribution in [2.75, 3.05) is 20.1 Å². The quantitative estimate of drug-likeness (QED) is 0.0907. The van der Waals surface area contributed by atoms with Crippen molar-refractivity contribution in [3.63, 3.8) is 0 Å². The van der Waals surface area contributed by atoms with Crippen molar-refractivity contribution >= 4 is 17.9 Å². The molecule has 2 aliphatic heterocycles. The van der Waals surface area contributed by atoms with E-state index in [1.165, 1.54) is 0 Å². The number of imide groups is 1. The molecular weight excluding hydrogens is 751 g/mol. The number of carbonyl (C=O) groups excluding carboxylic acids is 3. The van der Waals surface area contributed by atoms with Crippen LogP contribution in [0.15, 0.2) is 127 Å². The minimum Gasteiger partial charge on any atom is -0.508 e. The number of amides is 3. The van der Waals surface area contributed by atoms with Crippen molar-refractivity contribution in [3.05, 3.63) is 161 Å². The summed E-state index contributed by atoms with van der Waals surface area (Å²) in [7, 11) is 1.93. The van der Waals surface area contributed by atoms with Crippen LogP contribution in [-0.2, 0) is 43.6 Å². The first kappa shape index (κ1) is 41.3. The van der Waals surface area contributed by atoms with Gasteiger partial charge in [0, 0.05) is 24.6 Å². The summed E-state index contributed by atoms with van der Waals surface area (Å²) in [5.41, 5.74) is 6.57. The number of phenols is 1. The second-order valence-electron chi connectivity index (χ2n) is 15.3. The topological polar surface area (TPSA) is 158 Å². The third-order valence-corrected chi connectivity index (χ3v) is 10.9. The van der Waals surface area contributed by atoms with Crippen molar-refractivity contribution in [1.82, 2.24) is 15.1 Å². The van der Waals surface area contributed by atoms with Gasteiger partial charge in [0.25, 0.3) is 5.91 Å². The standard InChI is InChI=1S/C47H49N3O9/c1-30-42(27-49(2)26-41(53)38-12-7-13-39(52)23-38)58-46(59-44(30)35-16-14-31(28-51)15-17-35)36-20-18-34(19-21-36)37-11-6-10-33(22-37)25-50-43(54)24-40(45(50)55)48-47(56)57-29-32-8-4-3-5-9-32/h3-23,30,40-42,44,46,51-53H,24-29H2,1-2H3,(H,48,56). The number of nitrogens with one attached hydrogen (secondary N) is 1. The molecule has 12 nitrogen and oxygen atoms in total. The van der Waals surface area contributed by atoms with Gasteiger partial charge in [-0.15, -0.1) is 0 Å². The summed E-state index contributed by atoms with van der Waals surface area (Å²) in [5.74, 6) is -0.828. The van der Waals surface area contributed by atoms with E-state index >= 15 is 0 Å². The molecule has 6 atom stereocenters. The number of aromatic hydroxyl groups is 1. The lowest BCUT2D eigenvalue weighted by molar-refractivity contribution is -0.276. The highest BCUT2D eigenvalue weighted by atomic mass is 16.7. The molecule has 0 aliphatic carbocycles. The van der Waals surface area contributed by atoms with Crippen LogP contribution in [0.2, 0.25) is 0 Å². The second kappa shape index (κ2) is 18.8. The van der Waals surface area contributed by atoms with E-state index < -0.39 is 30.4 Å². The number of aliphatic hydroxyl groups is 2. The van der Waals surface area contributed by atoms with Gasteiger partial charge in [0.1, 0.15) is 18.4 Å². The maximum atomic E-state index is 13.2. The minimum absolute atomic E-state index is 0.0489. The van der Waals surface area contributed by atoms with Crippen LogP contribution in [0.1, 0.15) is 65.2 Å². The van der Waals surface area contributed by atoms with Gasteiger partial charge in [0.05, 0.1) is 37.9 Å². The van der Waals surface area contributed by atoms with Gasteiger partial charge in [0.15, 0.2) is 6.29 Å². The molecule has 2 aliphatic rings. The Balaban J connectivity index is 1.02. The normalized spacial score (nSPS) is 21.1. The number of likely N-dealkylation sites (tertiary alicyclic amines) is 1. The second-order valence-corrected chi connectivity index (χ2v) is 15.3. The van der Waals surface area contributed by atoms with Crippen molar-refractivity contribution in [2.24, 2.45) is 5.92 Å². The number of ether oxygens (including phenoxy) is 3. The van der Waals surface area contributed by atoms with Crippen molar-refractivity contribution < 1.29 is 43.9 Å². The predicted molar refractivity (Wildman–Crippen MR) is 219 cm³/mol.